The van der Waals surface area contributed by atoms with Crippen molar-refractivity contribution in [1.29, 1.82) is 0 Å². The lowest BCUT2D eigenvalue weighted by Gasteiger charge is -2.13. The van der Waals surface area contributed by atoms with Crippen LogP contribution in [-0.4, -0.2) is 24.1 Å². The van der Waals surface area contributed by atoms with Gasteiger partial charge in [-0.25, -0.2) is 4.98 Å². The van der Waals surface area contributed by atoms with Crippen LogP contribution in [0.4, 0.5) is 0 Å². The lowest BCUT2D eigenvalue weighted by molar-refractivity contribution is 0.669. The third-order valence-corrected chi connectivity index (χ3v) is 12.4. The Bertz CT molecular complexity index is 3890. The molecule has 6 heteroatoms. The van der Waals surface area contributed by atoms with Gasteiger partial charge in [0.05, 0.1) is 22.1 Å². The average Bonchev–Trinajstić information content (AvgIpc) is 4.02. The van der Waals surface area contributed by atoms with E-state index in [0.717, 1.165) is 88.1 Å². The fraction of sp³-hybridized carbons (Fsp3) is 0. The van der Waals surface area contributed by atoms with Gasteiger partial charge in [0.15, 0.2) is 11.6 Å². The highest BCUT2D eigenvalue weighted by atomic mass is 16.3. The molecule has 0 saturated carbocycles. The smallest absolute Gasteiger partial charge is 0.238 e. The van der Waals surface area contributed by atoms with Crippen LogP contribution >= 0.6 is 0 Å². The highest BCUT2D eigenvalue weighted by Gasteiger charge is 2.24. The number of hydrogen-bond donors (Lipinski definition) is 0. The zero-order chi connectivity index (χ0) is 41.4. The molecule has 6 nitrogen and oxygen atoms in total. The van der Waals surface area contributed by atoms with E-state index in [2.05, 4.69) is 191 Å². The van der Waals surface area contributed by atoms with E-state index in [9.17, 15) is 0 Å². The van der Waals surface area contributed by atoms with Crippen molar-refractivity contribution < 1.29 is 4.42 Å². The third-order valence-electron chi connectivity index (χ3n) is 12.4. The minimum absolute atomic E-state index is 0.540. The lowest BCUT2D eigenvalue weighted by atomic mass is 10.0. The summed E-state index contributed by atoms with van der Waals surface area (Å²) in [5, 5.41) is 6.61. The van der Waals surface area contributed by atoms with E-state index in [1.807, 2.05) is 30.3 Å². The Hall–Kier alpha value is -8.61. The number of fused-ring (bicyclic) bond motifs is 10. The highest BCUT2D eigenvalue weighted by molar-refractivity contribution is 6.23. The monoisotopic (exact) mass is 805 g/mol. The van der Waals surface area contributed by atoms with Crippen LogP contribution in [0.5, 0.6) is 0 Å². The summed E-state index contributed by atoms with van der Waals surface area (Å²) in [5.74, 6) is 1.71. The van der Waals surface area contributed by atoms with Crippen molar-refractivity contribution in [2.24, 2.45) is 0 Å². The van der Waals surface area contributed by atoms with E-state index in [1.54, 1.807) is 0 Å². The molecule has 0 aliphatic carbocycles. The Morgan fingerprint density at radius 2 is 0.794 bits per heavy atom. The highest BCUT2D eigenvalue weighted by Crippen LogP contribution is 2.42. The molecule has 0 bridgehead atoms. The van der Waals surface area contributed by atoms with Gasteiger partial charge in [0.1, 0.15) is 11.2 Å². The molecule has 9 aromatic carbocycles. The first-order valence-electron chi connectivity index (χ1n) is 21.2. The van der Waals surface area contributed by atoms with Gasteiger partial charge in [-0.15, -0.1) is 0 Å². The molecule has 0 radical (unpaired) electrons. The van der Waals surface area contributed by atoms with E-state index in [4.69, 9.17) is 19.4 Å². The minimum Gasteiger partial charge on any atom is -0.456 e. The maximum Gasteiger partial charge on any atom is 0.238 e. The zero-order valence-corrected chi connectivity index (χ0v) is 33.9. The number of rotatable bonds is 6. The van der Waals surface area contributed by atoms with E-state index in [1.165, 1.54) is 16.5 Å². The van der Waals surface area contributed by atoms with Crippen molar-refractivity contribution in [3.63, 3.8) is 0 Å². The molecule has 4 heterocycles. The SMILES string of the molecule is c1ccc(-c2ccc(-n3c4ccccc4c4ccc5c6ccccc6n(-c6nc(-c7ccccc7)nc(-c7ccc8oc9cc(-c%10ccccc%10)ccc9c8c7)n6)c5c43)cc2)cc1. The second kappa shape index (κ2) is 14.0. The standard InChI is InChI=1S/C57H35N5O/c1-4-14-36(15-5-1)38-24-28-42(29-25-38)61-49-22-12-10-20-43(49)46-31-32-47-44-21-11-13-23-50(44)62(54(47)53(46)61)57-59-55(39-18-8-3-9-19-39)58-56(60-57)41-27-33-51-48(34-41)45-30-26-40(35-52(45)63-51)37-16-6-2-7-17-37/h1-35H. The summed E-state index contributed by atoms with van der Waals surface area (Å²) in [7, 11) is 0. The Kier molecular flexibility index (Phi) is 7.80. The fourth-order valence-electron chi connectivity index (χ4n) is 9.45. The summed E-state index contributed by atoms with van der Waals surface area (Å²) in [5.41, 5.74) is 13.4. The van der Waals surface area contributed by atoms with E-state index >= 15 is 0 Å². The Labute approximate surface area is 361 Å². The molecule has 13 aromatic rings. The molecule has 13 rings (SSSR count). The van der Waals surface area contributed by atoms with Crippen LogP contribution in [0.25, 0.3) is 122 Å². The summed E-state index contributed by atoms with van der Waals surface area (Å²) in [4.78, 5) is 15.9. The second-order valence-electron chi connectivity index (χ2n) is 16.0. The molecule has 0 N–H and O–H groups in total. The van der Waals surface area contributed by atoms with Crippen LogP contribution in [0.1, 0.15) is 0 Å². The van der Waals surface area contributed by atoms with E-state index in [0.29, 0.717) is 17.6 Å². The lowest BCUT2D eigenvalue weighted by Crippen LogP contribution is -2.07. The quantitative estimate of drug-likeness (QED) is 0.168. The van der Waals surface area contributed by atoms with Gasteiger partial charge in [0.25, 0.3) is 0 Å². The molecular weight excluding hydrogens is 771 g/mol. The molecule has 0 aliphatic heterocycles. The number of para-hydroxylation sites is 2. The average molecular weight is 806 g/mol. The van der Waals surface area contributed by atoms with Gasteiger partial charge < -0.3 is 8.98 Å². The summed E-state index contributed by atoms with van der Waals surface area (Å²) in [6.07, 6.45) is 0. The predicted octanol–water partition coefficient (Wildman–Crippen LogP) is 14.6. The number of benzene rings is 9. The molecule has 0 fully saturated rings. The number of furan rings is 1. The Morgan fingerprint density at radius 3 is 1.46 bits per heavy atom. The van der Waals surface area contributed by atoms with Gasteiger partial charge in [-0.05, 0) is 76.9 Å². The Morgan fingerprint density at radius 1 is 0.302 bits per heavy atom. The van der Waals surface area contributed by atoms with E-state index in [-0.39, 0.29) is 0 Å². The molecule has 63 heavy (non-hydrogen) atoms. The first kappa shape index (κ1) is 35.2. The second-order valence-corrected chi connectivity index (χ2v) is 16.0. The van der Waals surface area contributed by atoms with Crippen molar-refractivity contribution in [1.82, 2.24) is 24.1 Å². The van der Waals surface area contributed by atoms with Crippen molar-refractivity contribution >= 4 is 65.6 Å². The molecule has 0 unspecified atom stereocenters. The summed E-state index contributed by atoms with van der Waals surface area (Å²) >= 11 is 0. The Balaban J connectivity index is 1.07. The molecule has 0 amide bonds. The molecule has 0 spiro atoms. The third kappa shape index (κ3) is 5.62. The molecular formula is C57H35N5O. The maximum atomic E-state index is 6.46. The van der Waals surface area contributed by atoms with E-state index < -0.39 is 0 Å². The topological polar surface area (TPSA) is 61.7 Å². The van der Waals surface area contributed by atoms with Crippen LogP contribution in [0, 0.1) is 0 Å². The van der Waals surface area contributed by atoms with Gasteiger partial charge in [-0.3, -0.25) is 4.57 Å². The summed E-state index contributed by atoms with van der Waals surface area (Å²) < 4.78 is 11.1. The van der Waals surface area contributed by atoms with Crippen molar-refractivity contribution in [2.45, 2.75) is 0 Å². The first-order valence-corrected chi connectivity index (χ1v) is 21.2. The van der Waals surface area contributed by atoms with Crippen molar-refractivity contribution in [3.8, 4) is 56.7 Å². The van der Waals surface area contributed by atoms with Gasteiger partial charge in [-0.2, -0.15) is 9.97 Å². The largest absolute Gasteiger partial charge is 0.456 e. The van der Waals surface area contributed by atoms with Gasteiger partial charge >= 0.3 is 0 Å². The van der Waals surface area contributed by atoms with Gasteiger partial charge in [0.2, 0.25) is 5.95 Å². The molecule has 294 valence electrons. The molecule has 0 atom stereocenters. The molecule has 4 aromatic heterocycles. The molecule has 0 saturated heterocycles. The van der Waals surface area contributed by atoms with Crippen LogP contribution in [0.2, 0.25) is 0 Å². The summed E-state index contributed by atoms with van der Waals surface area (Å²) in [6, 6.07) is 74.4. The van der Waals surface area contributed by atoms with Gasteiger partial charge in [-0.1, -0.05) is 158 Å². The van der Waals surface area contributed by atoms with Crippen molar-refractivity contribution in [3.05, 3.63) is 212 Å². The zero-order valence-electron chi connectivity index (χ0n) is 33.9. The number of aromatic nitrogens is 5. The first-order chi connectivity index (χ1) is 31.2. The van der Waals surface area contributed by atoms with Crippen LogP contribution < -0.4 is 0 Å². The minimum atomic E-state index is 0.540. The number of nitrogens with zero attached hydrogens (tertiary/aromatic N) is 5. The maximum absolute atomic E-state index is 6.46. The van der Waals surface area contributed by atoms with Crippen molar-refractivity contribution in [2.75, 3.05) is 0 Å². The fourth-order valence-corrected chi connectivity index (χ4v) is 9.45. The normalized spacial score (nSPS) is 11.8. The predicted molar refractivity (Wildman–Crippen MR) is 258 cm³/mol. The van der Waals surface area contributed by atoms with Gasteiger partial charge in [0, 0.05) is 49.1 Å². The van der Waals surface area contributed by atoms with Crippen LogP contribution in [0.15, 0.2) is 217 Å². The van der Waals surface area contributed by atoms with Crippen LogP contribution in [0.3, 0.4) is 0 Å². The van der Waals surface area contributed by atoms with Crippen LogP contribution in [-0.2, 0) is 0 Å². The summed E-state index contributed by atoms with van der Waals surface area (Å²) in [6.45, 7) is 0. The molecule has 0 aliphatic rings. The number of hydrogen-bond acceptors (Lipinski definition) is 4.